The predicted molar refractivity (Wildman–Crippen MR) is 132 cm³/mol. The van der Waals surface area contributed by atoms with Crippen LogP contribution in [0.1, 0.15) is 46.4 Å². The van der Waals surface area contributed by atoms with Crippen LogP contribution in [0.2, 0.25) is 0 Å². The SMILES string of the molecule is CNC(C)c1cccc(S(=O)(=O)N2CCCc3cc(C)c(NC(=O)c4c(F)cccc4F)cc32)c1. The largest absolute Gasteiger partial charge is 0.321 e. The number of fused-ring (bicyclic) bond motifs is 1. The molecule has 3 aromatic rings. The number of aryl methyl sites for hydroxylation is 2. The Morgan fingerprint density at radius 1 is 1.06 bits per heavy atom. The molecule has 9 heteroatoms. The molecule has 1 amide bonds. The van der Waals surface area contributed by atoms with Crippen molar-refractivity contribution in [2.45, 2.75) is 37.6 Å². The second-order valence-electron chi connectivity index (χ2n) is 8.61. The Morgan fingerprint density at radius 2 is 1.74 bits per heavy atom. The van der Waals surface area contributed by atoms with Crippen molar-refractivity contribution in [2.75, 3.05) is 23.2 Å². The number of hydrogen-bond donors (Lipinski definition) is 2. The lowest BCUT2D eigenvalue weighted by Crippen LogP contribution is -2.35. The number of benzene rings is 3. The highest BCUT2D eigenvalue weighted by atomic mass is 32.2. The first kappa shape index (κ1) is 24.8. The molecule has 4 rings (SSSR count). The van der Waals surface area contributed by atoms with E-state index in [4.69, 9.17) is 0 Å². The van der Waals surface area contributed by atoms with Crippen LogP contribution in [0.25, 0.3) is 0 Å². The molecule has 1 aliphatic heterocycles. The molecule has 0 saturated carbocycles. The van der Waals surface area contributed by atoms with E-state index in [1.54, 1.807) is 38.2 Å². The second-order valence-corrected chi connectivity index (χ2v) is 10.5. The van der Waals surface area contributed by atoms with E-state index in [0.717, 1.165) is 23.3 Å². The Kier molecular flexibility index (Phi) is 6.91. The number of anilines is 2. The van der Waals surface area contributed by atoms with Gasteiger partial charge in [-0.3, -0.25) is 9.10 Å². The fourth-order valence-corrected chi connectivity index (χ4v) is 5.83. The van der Waals surface area contributed by atoms with Crippen LogP contribution in [0.5, 0.6) is 0 Å². The lowest BCUT2D eigenvalue weighted by atomic mass is 9.99. The maximum Gasteiger partial charge on any atom is 0.264 e. The lowest BCUT2D eigenvalue weighted by molar-refractivity contribution is 0.101. The zero-order valence-corrected chi connectivity index (χ0v) is 20.5. The first-order valence-corrected chi connectivity index (χ1v) is 12.8. The van der Waals surface area contributed by atoms with Crippen LogP contribution in [0.15, 0.2) is 59.5 Å². The van der Waals surface area contributed by atoms with E-state index < -0.39 is 33.1 Å². The second kappa shape index (κ2) is 9.75. The number of sulfonamides is 1. The third-order valence-corrected chi connectivity index (χ3v) is 8.13. The van der Waals surface area contributed by atoms with Gasteiger partial charge in [-0.15, -0.1) is 0 Å². The summed E-state index contributed by atoms with van der Waals surface area (Å²) in [5.41, 5.74) is 2.37. The van der Waals surface area contributed by atoms with Gasteiger partial charge in [-0.1, -0.05) is 24.3 Å². The van der Waals surface area contributed by atoms with Crippen molar-refractivity contribution in [3.63, 3.8) is 0 Å². The predicted octanol–water partition coefficient (Wildman–Crippen LogP) is 4.95. The normalized spacial score (nSPS) is 14.4. The summed E-state index contributed by atoms with van der Waals surface area (Å²) in [6.07, 6.45) is 1.32. The van der Waals surface area contributed by atoms with Crippen molar-refractivity contribution in [3.05, 3.63) is 88.5 Å². The molecule has 3 aromatic carbocycles. The van der Waals surface area contributed by atoms with Crippen LogP contribution in [0, 0.1) is 18.6 Å². The summed E-state index contributed by atoms with van der Waals surface area (Å²) >= 11 is 0. The molecule has 0 saturated heterocycles. The van der Waals surface area contributed by atoms with Crippen LogP contribution in [0.4, 0.5) is 20.2 Å². The van der Waals surface area contributed by atoms with Gasteiger partial charge >= 0.3 is 0 Å². The van der Waals surface area contributed by atoms with E-state index >= 15 is 0 Å². The number of carbonyl (C=O) groups excluding carboxylic acids is 1. The number of halogens is 2. The van der Waals surface area contributed by atoms with Gasteiger partial charge in [0, 0.05) is 18.3 Å². The lowest BCUT2D eigenvalue weighted by Gasteiger charge is -2.31. The highest BCUT2D eigenvalue weighted by molar-refractivity contribution is 7.92. The van der Waals surface area contributed by atoms with Gasteiger partial charge in [0.25, 0.3) is 15.9 Å². The van der Waals surface area contributed by atoms with Crippen molar-refractivity contribution < 1.29 is 22.0 Å². The van der Waals surface area contributed by atoms with Gasteiger partial charge < -0.3 is 10.6 Å². The maximum atomic E-state index is 14.1. The minimum absolute atomic E-state index is 0.0259. The molecule has 184 valence electrons. The molecule has 1 unspecified atom stereocenters. The molecule has 6 nitrogen and oxygen atoms in total. The van der Waals surface area contributed by atoms with Gasteiger partial charge in [-0.25, -0.2) is 17.2 Å². The van der Waals surface area contributed by atoms with Gasteiger partial charge in [-0.05, 0) is 80.8 Å². The fourth-order valence-electron chi connectivity index (χ4n) is 4.24. The molecule has 1 atom stereocenters. The summed E-state index contributed by atoms with van der Waals surface area (Å²) in [6, 6.07) is 13.3. The molecular formula is C26H27F2N3O3S. The Bertz CT molecular complexity index is 1370. The minimum Gasteiger partial charge on any atom is -0.321 e. The number of hydrogen-bond acceptors (Lipinski definition) is 4. The third-order valence-electron chi connectivity index (χ3n) is 6.32. The first-order valence-electron chi connectivity index (χ1n) is 11.3. The standard InChI is InChI=1S/C26H27F2N3O3S/c1-16-13-19-8-6-12-31(35(33,34)20-9-4-7-18(14-20)17(2)29-3)24(19)15-23(16)30-26(32)25-21(27)10-5-11-22(25)28/h4-5,7,9-11,13-15,17,29H,6,8,12H2,1-3H3,(H,30,32). The Labute approximate surface area is 204 Å². The molecule has 1 heterocycles. The minimum atomic E-state index is -3.89. The molecular weight excluding hydrogens is 472 g/mol. The topological polar surface area (TPSA) is 78.5 Å². The maximum absolute atomic E-state index is 14.1. The summed E-state index contributed by atoms with van der Waals surface area (Å²) in [5.74, 6) is -2.89. The quantitative estimate of drug-likeness (QED) is 0.503. The summed E-state index contributed by atoms with van der Waals surface area (Å²) in [4.78, 5) is 12.8. The molecule has 2 N–H and O–H groups in total. The Morgan fingerprint density at radius 3 is 2.43 bits per heavy atom. The van der Waals surface area contributed by atoms with E-state index in [1.807, 2.05) is 19.1 Å². The number of amides is 1. The van der Waals surface area contributed by atoms with Gasteiger partial charge in [-0.2, -0.15) is 0 Å². The average Bonchev–Trinajstić information content (AvgIpc) is 2.83. The van der Waals surface area contributed by atoms with Gasteiger partial charge in [0.15, 0.2) is 0 Å². The molecule has 0 radical (unpaired) electrons. The highest BCUT2D eigenvalue weighted by Crippen LogP contribution is 2.36. The molecule has 0 spiro atoms. The monoisotopic (exact) mass is 499 g/mol. The van der Waals surface area contributed by atoms with E-state index in [0.29, 0.717) is 24.1 Å². The zero-order valence-electron chi connectivity index (χ0n) is 19.7. The molecule has 1 aliphatic rings. The van der Waals surface area contributed by atoms with E-state index in [2.05, 4.69) is 10.6 Å². The Hall–Kier alpha value is -3.30. The molecule has 0 aromatic heterocycles. The van der Waals surface area contributed by atoms with Gasteiger partial charge in [0.1, 0.15) is 17.2 Å². The number of nitrogens with zero attached hydrogens (tertiary/aromatic N) is 1. The van der Waals surface area contributed by atoms with Gasteiger partial charge in [0.05, 0.1) is 10.6 Å². The van der Waals surface area contributed by atoms with Gasteiger partial charge in [0.2, 0.25) is 0 Å². The summed E-state index contributed by atoms with van der Waals surface area (Å²) in [6.45, 7) is 3.97. The summed E-state index contributed by atoms with van der Waals surface area (Å²) in [5, 5.41) is 5.66. The number of carbonyl (C=O) groups is 1. The number of rotatable bonds is 6. The Balaban J connectivity index is 1.72. The van der Waals surface area contributed by atoms with Crippen LogP contribution < -0.4 is 14.9 Å². The van der Waals surface area contributed by atoms with E-state index in [-0.39, 0.29) is 23.2 Å². The molecule has 0 bridgehead atoms. The fraction of sp³-hybridized carbons (Fsp3) is 0.269. The molecule has 0 aliphatic carbocycles. The van der Waals surface area contributed by atoms with Crippen molar-refractivity contribution in [3.8, 4) is 0 Å². The van der Waals surface area contributed by atoms with Crippen molar-refractivity contribution >= 4 is 27.3 Å². The van der Waals surface area contributed by atoms with Crippen LogP contribution >= 0.6 is 0 Å². The first-order chi connectivity index (χ1) is 16.6. The van der Waals surface area contributed by atoms with Crippen LogP contribution in [-0.2, 0) is 16.4 Å². The average molecular weight is 500 g/mol. The van der Waals surface area contributed by atoms with E-state index in [1.165, 1.54) is 10.4 Å². The molecule has 35 heavy (non-hydrogen) atoms. The van der Waals surface area contributed by atoms with Crippen molar-refractivity contribution in [1.29, 1.82) is 0 Å². The van der Waals surface area contributed by atoms with E-state index in [9.17, 15) is 22.0 Å². The highest BCUT2D eigenvalue weighted by Gasteiger charge is 2.30. The van der Waals surface area contributed by atoms with Crippen molar-refractivity contribution in [1.82, 2.24) is 5.32 Å². The summed E-state index contributed by atoms with van der Waals surface area (Å²) in [7, 11) is -2.09. The third kappa shape index (κ3) is 4.78. The smallest absolute Gasteiger partial charge is 0.264 e. The zero-order chi connectivity index (χ0) is 25.3. The number of nitrogens with one attached hydrogen (secondary N) is 2. The summed E-state index contributed by atoms with van der Waals surface area (Å²) < 4.78 is 56.9. The van der Waals surface area contributed by atoms with Crippen molar-refractivity contribution in [2.24, 2.45) is 0 Å². The van der Waals surface area contributed by atoms with Crippen LogP contribution in [0.3, 0.4) is 0 Å². The molecule has 0 fully saturated rings. The van der Waals surface area contributed by atoms with Crippen LogP contribution in [-0.4, -0.2) is 27.9 Å².